The van der Waals surface area contributed by atoms with Gasteiger partial charge in [-0.05, 0) is 41.3 Å². The first-order valence-electron chi connectivity index (χ1n) is 12.4. The standard InChI is InChI=1S/C28H30N8O2/c1-35-16-22(15-32-35)21-12-25(26(30)31-14-21)27(37)33-24-9-10-36(17-24)28(38)34-23-4-2-3-20(11-23)19-7-5-18(13-29)6-8-19/h2-8,11-12,14-16,24H,9-10,13,17,29H2,1H3,(H2,30,31)(H,33,37)(H,34,38)/t24-/m1/s1. The lowest BCUT2D eigenvalue weighted by atomic mass is 10.0. The Labute approximate surface area is 220 Å². The van der Waals surface area contributed by atoms with Gasteiger partial charge in [0.2, 0.25) is 0 Å². The van der Waals surface area contributed by atoms with E-state index in [9.17, 15) is 9.59 Å². The van der Waals surface area contributed by atoms with Gasteiger partial charge in [0.15, 0.2) is 0 Å². The first-order valence-corrected chi connectivity index (χ1v) is 12.4. The van der Waals surface area contributed by atoms with E-state index in [1.54, 1.807) is 28.0 Å². The van der Waals surface area contributed by atoms with Crippen molar-refractivity contribution in [3.8, 4) is 22.3 Å². The van der Waals surface area contributed by atoms with Crippen molar-refractivity contribution in [3.05, 3.63) is 84.3 Å². The average Bonchev–Trinajstić information content (AvgIpc) is 3.58. The monoisotopic (exact) mass is 510 g/mol. The summed E-state index contributed by atoms with van der Waals surface area (Å²) in [6, 6.07) is 17.0. The molecule has 0 saturated carbocycles. The molecule has 1 aliphatic heterocycles. The van der Waals surface area contributed by atoms with Crippen LogP contribution in [0.15, 0.2) is 73.2 Å². The van der Waals surface area contributed by atoms with Crippen LogP contribution < -0.4 is 22.1 Å². The van der Waals surface area contributed by atoms with E-state index in [2.05, 4.69) is 20.7 Å². The molecule has 0 bridgehead atoms. The van der Waals surface area contributed by atoms with Gasteiger partial charge < -0.3 is 27.0 Å². The highest BCUT2D eigenvalue weighted by Gasteiger charge is 2.28. The van der Waals surface area contributed by atoms with Gasteiger partial charge >= 0.3 is 6.03 Å². The Morgan fingerprint density at radius 3 is 2.58 bits per heavy atom. The molecule has 6 N–H and O–H groups in total. The lowest BCUT2D eigenvalue weighted by Crippen LogP contribution is -2.40. The Hall–Kier alpha value is -4.70. The minimum Gasteiger partial charge on any atom is -0.383 e. The fourth-order valence-electron chi connectivity index (χ4n) is 4.52. The lowest BCUT2D eigenvalue weighted by Gasteiger charge is -2.18. The SMILES string of the molecule is Cn1cc(-c2cnc(N)c(C(=O)N[C@@H]3CCN(C(=O)Nc4cccc(-c5ccc(CN)cc5)c4)C3)c2)cn1. The van der Waals surface area contributed by atoms with Crippen molar-refractivity contribution < 1.29 is 9.59 Å². The number of pyridine rings is 1. The first-order chi connectivity index (χ1) is 18.4. The van der Waals surface area contributed by atoms with Gasteiger partial charge in [-0.3, -0.25) is 9.48 Å². The number of urea groups is 1. The van der Waals surface area contributed by atoms with Gasteiger partial charge in [0.1, 0.15) is 5.82 Å². The second-order valence-electron chi connectivity index (χ2n) is 9.38. The molecule has 194 valence electrons. The summed E-state index contributed by atoms with van der Waals surface area (Å²) in [7, 11) is 1.82. The van der Waals surface area contributed by atoms with Crippen molar-refractivity contribution in [1.29, 1.82) is 0 Å². The van der Waals surface area contributed by atoms with Crippen LogP contribution in [-0.4, -0.2) is 50.7 Å². The van der Waals surface area contributed by atoms with E-state index >= 15 is 0 Å². The Bertz CT molecular complexity index is 1460. The van der Waals surface area contributed by atoms with Crippen LogP contribution in [0.1, 0.15) is 22.3 Å². The summed E-state index contributed by atoms with van der Waals surface area (Å²) in [5, 5.41) is 10.1. The highest BCUT2D eigenvalue weighted by atomic mass is 16.2. The molecule has 4 aromatic rings. The fourth-order valence-corrected chi connectivity index (χ4v) is 4.52. The Morgan fingerprint density at radius 2 is 1.84 bits per heavy atom. The Kier molecular flexibility index (Phi) is 7.05. The molecule has 0 unspecified atom stereocenters. The van der Waals surface area contributed by atoms with Crippen LogP contribution in [-0.2, 0) is 13.6 Å². The summed E-state index contributed by atoms with van der Waals surface area (Å²) in [5.41, 5.74) is 17.4. The third-order valence-corrected chi connectivity index (χ3v) is 6.65. The van der Waals surface area contributed by atoms with E-state index in [1.807, 2.05) is 61.8 Å². The van der Waals surface area contributed by atoms with Crippen LogP contribution in [0.3, 0.4) is 0 Å². The number of amides is 3. The van der Waals surface area contributed by atoms with Crippen molar-refractivity contribution >= 4 is 23.4 Å². The maximum atomic E-state index is 13.0. The largest absolute Gasteiger partial charge is 0.383 e. The van der Waals surface area contributed by atoms with Crippen molar-refractivity contribution in [2.45, 2.75) is 19.0 Å². The summed E-state index contributed by atoms with van der Waals surface area (Å²) in [6.45, 7) is 1.42. The molecule has 2 aromatic carbocycles. The number of hydrogen-bond acceptors (Lipinski definition) is 6. The summed E-state index contributed by atoms with van der Waals surface area (Å²) in [4.78, 5) is 31.9. The molecule has 3 heterocycles. The number of anilines is 2. The van der Waals surface area contributed by atoms with E-state index in [0.717, 1.165) is 27.8 Å². The van der Waals surface area contributed by atoms with Crippen LogP contribution in [0.4, 0.5) is 16.3 Å². The number of carbonyl (C=O) groups is 2. The topological polar surface area (TPSA) is 144 Å². The van der Waals surface area contributed by atoms with E-state index in [1.165, 1.54) is 0 Å². The number of likely N-dealkylation sites (tertiary alicyclic amines) is 1. The number of hydrogen-bond donors (Lipinski definition) is 4. The van der Waals surface area contributed by atoms with Crippen LogP contribution >= 0.6 is 0 Å². The zero-order valence-electron chi connectivity index (χ0n) is 21.1. The normalized spacial score (nSPS) is 14.9. The molecule has 1 fully saturated rings. The Morgan fingerprint density at radius 1 is 1.03 bits per heavy atom. The fraction of sp³-hybridized carbons (Fsp3) is 0.214. The maximum absolute atomic E-state index is 13.0. The summed E-state index contributed by atoms with van der Waals surface area (Å²) in [5.74, 6) is -0.165. The second-order valence-corrected chi connectivity index (χ2v) is 9.38. The molecule has 38 heavy (non-hydrogen) atoms. The van der Waals surface area contributed by atoms with Gasteiger partial charge in [-0.1, -0.05) is 36.4 Å². The number of aromatic nitrogens is 3. The molecule has 5 rings (SSSR count). The number of aryl methyl sites for hydroxylation is 1. The van der Waals surface area contributed by atoms with E-state index in [0.29, 0.717) is 37.3 Å². The molecular formula is C28H30N8O2. The van der Waals surface area contributed by atoms with E-state index in [4.69, 9.17) is 11.5 Å². The number of nitrogen functional groups attached to an aromatic ring is 1. The molecule has 1 saturated heterocycles. The number of nitrogens with one attached hydrogen (secondary N) is 2. The quantitative estimate of drug-likeness (QED) is 0.313. The molecule has 0 radical (unpaired) electrons. The van der Waals surface area contributed by atoms with Crippen LogP contribution in [0, 0.1) is 0 Å². The predicted octanol–water partition coefficient (Wildman–Crippen LogP) is 3.23. The van der Waals surface area contributed by atoms with E-state index < -0.39 is 0 Å². The highest BCUT2D eigenvalue weighted by molar-refractivity contribution is 5.99. The minimum absolute atomic E-state index is 0.153. The third-order valence-electron chi connectivity index (χ3n) is 6.65. The summed E-state index contributed by atoms with van der Waals surface area (Å²) in [6.07, 6.45) is 5.81. The average molecular weight is 511 g/mol. The molecule has 3 amide bonds. The van der Waals surface area contributed by atoms with Crippen LogP contribution in [0.25, 0.3) is 22.3 Å². The van der Waals surface area contributed by atoms with Crippen LogP contribution in [0.2, 0.25) is 0 Å². The van der Waals surface area contributed by atoms with Gasteiger partial charge in [-0.2, -0.15) is 5.10 Å². The first kappa shape index (κ1) is 25.0. The highest BCUT2D eigenvalue weighted by Crippen LogP contribution is 2.24. The van der Waals surface area contributed by atoms with Crippen LogP contribution in [0.5, 0.6) is 0 Å². The third kappa shape index (κ3) is 5.50. The number of nitrogens with zero attached hydrogens (tertiary/aromatic N) is 4. The Balaban J connectivity index is 1.20. The lowest BCUT2D eigenvalue weighted by molar-refractivity contribution is 0.0938. The van der Waals surface area contributed by atoms with Crippen molar-refractivity contribution in [2.24, 2.45) is 12.8 Å². The van der Waals surface area contributed by atoms with Crippen molar-refractivity contribution in [3.63, 3.8) is 0 Å². The predicted molar refractivity (Wildman–Crippen MR) is 147 cm³/mol. The van der Waals surface area contributed by atoms with Gasteiger partial charge in [0, 0.05) is 61.9 Å². The molecule has 0 aliphatic carbocycles. The molecule has 0 spiro atoms. The number of benzene rings is 2. The van der Waals surface area contributed by atoms with Gasteiger partial charge in [-0.15, -0.1) is 0 Å². The maximum Gasteiger partial charge on any atom is 0.321 e. The minimum atomic E-state index is -0.318. The number of rotatable bonds is 6. The van der Waals surface area contributed by atoms with Crippen molar-refractivity contribution in [2.75, 3.05) is 24.1 Å². The molecule has 2 aromatic heterocycles. The zero-order valence-corrected chi connectivity index (χ0v) is 21.1. The molecule has 1 atom stereocenters. The van der Waals surface area contributed by atoms with Gasteiger partial charge in [0.25, 0.3) is 5.91 Å². The van der Waals surface area contributed by atoms with Gasteiger partial charge in [-0.25, -0.2) is 9.78 Å². The summed E-state index contributed by atoms with van der Waals surface area (Å²) < 4.78 is 1.68. The van der Waals surface area contributed by atoms with Gasteiger partial charge in [0.05, 0.1) is 11.8 Å². The van der Waals surface area contributed by atoms with E-state index in [-0.39, 0.29) is 23.8 Å². The number of carbonyl (C=O) groups excluding carboxylic acids is 2. The molecular weight excluding hydrogens is 480 g/mol. The van der Waals surface area contributed by atoms with Crippen molar-refractivity contribution in [1.82, 2.24) is 25.0 Å². The molecule has 10 heteroatoms. The summed E-state index contributed by atoms with van der Waals surface area (Å²) >= 11 is 0. The second kappa shape index (κ2) is 10.7. The smallest absolute Gasteiger partial charge is 0.321 e. The number of nitrogens with two attached hydrogens (primary N) is 2. The molecule has 1 aliphatic rings. The molecule has 10 nitrogen and oxygen atoms in total. The zero-order chi connectivity index (χ0) is 26.6.